The van der Waals surface area contributed by atoms with Crippen LogP contribution in [0, 0.1) is 13.8 Å². The van der Waals surface area contributed by atoms with Crippen molar-refractivity contribution in [2.45, 2.75) is 13.8 Å². The molecule has 0 aliphatic rings. The van der Waals surface area contributed by atoms with Crippen LogP contribution in [0.25, 0.3) is 0 Å². The van der Waals surface area contributed by atoms with E-state index >= 15 is 0 Å². The van der Waals surface area contributed by atoms with Gasteiger partial charge < -0.3 is 4.74 Å². The van der Waals surface area contributed by atoms with Gasteiger partial charge >= 0.3 is 0 Å². The summed E-state index contributed by atoms with van der Waals surface area (Å²) in [5, 5.41) is 0.744. The summed E-state index contributed by atoms with van der Waals surface area (Å²) >= 11 is 11.4. The van der Waals surface area contributed by atoms with Gasteiger partial charge in [-0.15, -0.1) is 11.6 Å². The summed E-state index contributed by atoms with van der Waals surface area (Å²) in [4.78, 5) is 0. The van der Waals surface area contributed by atoms with Gasteiger partial charge in [0.25, 0.3) is 0 Å². The Kier molecular flexibility index (Phi) is 5.00. The third kappa shape index (κ3) is 3.77. The van der Waals surface area contributed by atoms with Crippen LogP contribution in [0.3, 0.4) is 0 Å². The van der Waals surface area contributed by atoms with Gasteiger partial charge in [0.2, 0.25) is 0 Å². The predicted octanol–water partition coefficient (Wildman–Crippen LogP) is 4.13. The lowest BCUT2D eigenvalue weighted by Gasteiger charge is -2.10. The number of rotatable bonds is 4. The zero-order chi connectivity index (χ0) is 11.3. The molecule has 0 aliphatic carbocycles. The lowest BCUT2D eigenvalue weighted by Crippen LogP contribution is -1.98. The zero-order valence-electron chi connectivity index (χ0n) is 8.89. The molecule has 0 fully saturated rings. The average Bonchev–Trinajstić information content (AvgIpc) is 2.15. The van der Waals surface area contributed by atoms with Crippen LogP contribution in [-0.4, -0.2) is 12.5 Å². The van der Waals surface area contributed by atoms with E-state index in [1.165, 1.54) is 0 Å². The zero-order valence-corrected chi connectivity index (χ0v) is 10.4. The molecule has 1 aromatic rings. The highest BCUT2D eigenvalue weighted by Gasteiger charge is 2.04. The molecule has 0 amide bonds. The maximum Gasteiger partial charge on any atom is 0.125 e. The topological polar surface area (TPSA) is 9.23 Å². The highest BCUT2D eigenvalue weighted by molar-refractivity contribution is 6.30. The van der Waals surface area contributed by atoms with Crippen LogP contribution in [0.4, 0.5) is 0 Å². The number of hydrogen-bond donors (Lipinski definition) is 0. The Morgan fingerprint density at radius 2 is 1.80 bits per heavy atom. The summed E-state index contributed by atoms with van der Waals surface area (Å²) < 4.78 is 5.62. The first-order chi connectivity index (χ1) is 7.15. The number of alkyl halides is 1. The van der Waals surface area contributed by atoms with Crippen LogP contribution in [0.2, 0.25) is 5.02 Å². The maximum atomic E-state index is 5.92. The minimum Gasteiger partial charge on any atom is -0.489 e. The normalized spacial score (nSPS) is 10.9. The fraction of sp³-hybridized carbons (Fsp3) is 0.333. The van der Waals surface area contributed by atoms with E-state index in [2.05, 4.69) is 0 Å². The second kappa shape index (κ2) is 6.04. The summed E-state index contributed by atoms with van der Waals surface area (Å²) in [6.45, 7) is 4.51. The number of ether oxygens (including phenoxy) is 1. The van der Waals surface area contributed by atoms with E-state index in [9.17, 15) is 0 Å². The first kappa shape index (κ1) is 12.4. The quantitative estimate of drug-likeness (QED) is 0.572. The lowest BCUT2D eigenvalue weighted by atomic mass is 10.1. The van der Waals surface area contributed by atoms with Crippen molar-refractivity contribution in [1.82, 2.24) is 0 Å². The molecule has 0 radical (unpaired) electrons. The number of benzene rings is 1. The van der Waals surface area contributed by atoms with Crippen LogP contribution in [-0.2, 0) is 0 Å². The molecule has 0 heterocycles. The van der Waals surface area contributed by atoms with E-state index < -0.39 is 0 Å². The van der Waals surface area contributed by atoms with Crippen molar-refractivity contribution in [1.29, 1.82) is 0 Å². The summed E-state index contributed by atoms with van der Waals surface area (Å²) in [5.41, 5.74) is 2.11. The average molecular weight is 245 g/mol. The van der Waals surface area contributed by atoms with E-state index in [0.717, 1.165) is 21.9 Å². The first-order valence-corrected chi connectivity index (χ1v) is 5.67. The molecular formula is C12H14Cl2O. The third-order valence-electron chi connectivity index (χ3n) is 2.00. The smallest absolute Gasteiger partial charge is 0.125 e. The summed E-state index contributed by atoms with van der Waals surface area (Å²) in [5.74, 6) is 1.42. The maximum absolute atomic E-state index is 5.92. The molecule has 15 heavy (non-hydrogen) atoms. The molecule has 0 bridgehead atoms. The Labute approximate surface area is 101 Å². The molecule has 82 valence electrons. The molecule has 0 saturated heterocycles. The van der Waals surface area contributed by atoms with Crippen molar-refractivity contribution in [3.63, 3.8) is 0 Å². The molecule has 0 spiro atoms. The largest absolute Gasteiger partial charge is 0.489 e. The van der Waals surface area contributed by atoms with E-state index in [4.69, 9.17) is 27.9 Å². The highest BCUT2D eigenvalue weighted by atomic mass is 35.5. The van der Waals surface area contributed by atoms with Crippen LogP contribution in [0.5, 0.6) is 5.75 Å². The van der Waals surface area contributed by atoms with Gasteiger partial charge in [0, 0.05) is 10.9 Å². The molecule has 0 aliphatic heterocycles. The van der Waals surface area contributed by atoms with Crippen molar-refractivity contribution < 1.29 is 4.74 Å². The monoisotopic (exact) mass is 244 g/mol. The Hall–Kier alpha value is -0.660. The van der Waals surface area contributed by atoms with Crippen molar-refractivity contribution in [3.8, 4) is 5.75 Å². The van der Waals surface area contributed by atoms with Gasteiger partial charge in [-0.25, -0.2) is 0 Å². The van der Waals surface area contributed by atoms with E-state index in [0.29, 0.717) is 12.5 Å². The van der Waals surface area contributed by atoms with E-state index in [1.807, 2.05) is 38.1 Å². The van der Waals surface area contributed by atoms with Gasteiger partial charge in [0.1, 0.15) is 12.4 Å². The first-order valence-electron chi connectivity index (χ1n) is 4.75. The number of halogens is 2. The lowest BCUT2D eigenvalue weighted by molar-refractivity contribution is 0.357. The second-order valence-corrected chi connectivity index (χ2v) is 4.05. The number of hydrogen-bond acceptors (Lipinski definition) is 1. The number of allylic oxidation sites excluding steroid dienone is 1. The minimum absolute atomic E-state index is 0.516. The van der Waals surface area contributed by atoms with E-state index in [-0.39, 0.29) is 0 Å². The van der Waals surface area contributed by atoms with Crippen LogP contribution in [0.1, 0.15) is 11.1 Å². The molecule has 0 aromatic heterocycles. The second-order valence-electron chi connectivity index (χ2n) is 3.31. The van der Waals surface area contributed by atoms with Crippen molar-refractivity contribution in [2.75, 3.05) is 12.5 Å². The van der Waals surface area contributed by atoms with Crippen LogP contribution >= 0.6 is 23.2 Å². The fourth-order valence-electron chi connectivity index (χ4n) is 1.39. The van der Waals surface area contributed by atoms with Gasteiger partial charge in [0.15, 0.2) is 0 Å². The number of aryl methyl sites for hydroxylation is 2. The molecule has 3 heteroatoms. The third-order valence-corrected chi connectivity index (χ3v) is 2.40. The molecule has 0 atom stereocenters. The minimum atomic E-state index is 0.516. The standard InChI is InChI=1S/C12H14Cl2O/c1-9-7-11(14)8-10(2)12(9)15-6-4-3-5-13/h3-4,7-8H,5-6H2,1-2H3. The van der Waals surface area contributed by atoms with Gasteiger partial charge in [-0.1, -0.05) is 23.8 Å². The molecular weight excluding hydrogens is 231 g/mol. The Morgan fingerprint density at radius 3 is 2.33 bits per heavy atom. The van der Waals surface area contributed by atoms with Gasteiger partial charge in [0.05, 0.1) is 0 Å². The summed E-state index contributed by atoms with van der Waals surface area (Å²) in [6.07, 6.45) is 3.77. The molecule has 1 rings (SSSR count). The van der Waals surface area contributed by atoms with Crippen molar-refractivity contribution in [2.24, 2.45) is 0 Å². The van der Waals surface area contributed by atoms with E-state index in [1.54, 1.807) is 0 Å². The Morgan fingerprint density at radius 1 is 1.20 bits per heavy atom. The molecule has 1 aromatic carbocycles. The van der Waals surface area contributed by atoms with Crippen molar-refractivity contribution in [3.05, 3.63) is 40.4 Å². The van der Waals surface area contributed by atoms with Gasteiger partial charge in [-0.2, -0.15) is 0 Å². The summed E-state index contributed by atoms with van der Waals surface area (Å²) in [7, 11) is 0. The predicted molar refractivity (Wildman–Crippen MR) is 66.3 cm³/mol. The fourth-order valence-corrected chi connectivity index (χ4v) is 1.84. The van der Waals surface area contributed by atoms with Gasteiger partial charge in [-0.3, -0.25) is 0 Å². The molecule has 0 saturated carbocycles. The Bertz CT molecular complexity index is 336. The highest BCUT2D eigenvalue weighted by Crippen LogP contribution is 2.26. The molecule has 0 unspecified atom stereocenters. The molecule has 0 N–H and O–H groups in total. The van der Waals surface area contributed by atoms with Crippen LogP contribution in [0.15, 0.2) is 24.3 Å². The summed E-state index contributed by atoms with van der Waals surface area (Å²) in [6, 6.07) is 3.80. The van der Waals surface area contributed by atoms with Crippen LogP contribution < -0.4 is 4.74 Å². The van der Waals surface area contributed by atoms with Crippen molar-refractivity contribution >= 4 is 23.2 Å². The van der Waals surface area contributed by atoms with Gasteiger partial charge in [-0.05, 0) is 37.1 Å². The SMILES string of the molecule is Cc1cc(Cl)cc(C)c1OCC=CCCl. The Balaban J connectivity index is 2.72. The molecule has 1 nitrogen and oxygen atoms in total.